The molecule has 4 heteroatoms. The highest BCUT2D eigenvalue weighted by molar-refractivity contribution is 7.89. The van der Waals surface area contributed by atoms with Crippen molar-refractivity contribution in [2.24, 2.45) is 0 Å². The van der Waals surface area contributed by atoms with E-state index in [9.17, 15) is 8.42 Å². The molecule has 16 heavy (non-hydrogen) atoms. The first-order valence-corrected chi connectivity index (χ1v) is 6.85. The number of nitrogens with one attached hydrogen (secondary N) is 1. The topological polar surface area (TPSA) is 46.2 Å². The van der Waals surface area contributed by atoms with Gasteiger partial charge in [0, 0.05) is 5.54 Å². The zero-order valence-electron chi connectivity index (χ0n) is 10.2. The first kappa shape index (κ1) is 13.2. The molecule has 0 amide bonds. The lowest BCUT2D eigenvalue weighted by Crippen LogP contribution is -2.42. The van der Waals surface area contributed by atoms with Gasteiger partial charge in [0.25, 0.3) is 0 Å². The molecule has 0 aromatic heterocycles. The van der Waals surface area contributed by atoms with Crippen molar-refractivity contribution in [1.82, 2.24) is 4.72 Å². The Balaban J connectivity index is 2.94. The molecule has 0 unspecified atom stereocenters. The SMILES string of the molecule is C[C@@H](c1ccccc1)S(=O)(=O)NC(C)(C)C. The first-order valence-electron chi connectivity index (χ1n) is 5.30. The van der Waals surface area contributed by atoms with Crippen molar-refractivity contribution < 1.29 is 8.42 Å². The fourth-order valence-electron chi connectivity index (χ4n) is 1.42. The van der Waals surface area contributed by atoms with Crippen molar-refractivity contribution in [1.29, 1.82) is 0 Å². The molecule has 0 fully saturated rings. The largest absolute Gasteiger partial charge is 0.218 e. The third-order valence-electron chi connectivity index (χ3n) is 2.18. The van der Waals surface area contributed by atoms with Gasteiger partial charge in [-0.2, -0.15) is 0 Å². The minimum absolute atomic E-state index is 0.443. The van der Waals surface area contributed by atoms with Gasteiger partial charge >= 0.3 is 0 Å². The van der Waals surface area contributed by atoms with Gasteiger partial charge in [-0.05, 0) is 33.3 Å². The Kier molecular flexibility index (Phi) is 3.76. The smallest absolute Gasteiger partial charge is 0.212 e. The van der Waals surface area contributed by atoms with E-state index in [1.165, 1.54) is 0 Å². The fraction of sp³-hybridized carbons (Fsp3) is 0.500. The Hall–Kier alpha value is -0.870. The molecule has 1 aromatic rings. The van der Waals surface area contributed by atoms with Gasteiger partial charge in [-0.3, -0.25) is 0 Å². The lowest BCUT2D eigenvalue weighted by molar-refractivity contribution is 0.486. The van der Waals surface area contributed by atoms with Gasteiger partial charge in [-0.25, -0.2) is 13.1 Å². The molecule has 1 rings (SSSR count). The second kappa shape index (κ2) is 4.55. The average Bonchev–Trinajstić information content (AvgIpc) is 2.14. The quantitative estimate of drug-likeness (QED) is 0.883. The maximum Gasteiger partial charge on any atom is 0.218 e. The summed E-state index contributed by atoms with van der Waals surface area (Å²) in [6.07, 6.45) is 0. The van der Waals surface area contributed by atoms with E-state index >= 15 is 0 Å². The summed E-state index contributed by atoms with van der Waals surface area (Å²) in [5, 5.41) is -0.534. The van der Waals surface area contributed by atoms with Crippen LogP contribution in [0.15, 0.2) is 30.3 Å². The Morgan fingerprint density at radius 1 is 1.12 bits per heavy atom. The summed E-state index contributed by atoms with van der Waals surface area (Å²) in [6, 6.07) is 9.22. The van der Waals surface area contributed by atoms with E-state index in [4.69, 9.17) is 0 Å². The van der Waals surface area contributed by atoms with Gasteiger partial charge in [0.05, 0.1) is 5.25 Å². The molecular formula is C12H19NO2S. The van der Waals surface area contributed by atoms with Crippen LogP contribution in [0.2, 0.25) is 0 Å². The maximum absolute atomic E-state index is 12.0. The predicted octanol–water partition coefficient (Wildman–Crippen LogP) is 2.47. The van der Waals surface area contributed by atoms with Gasteiger partial charge in [-0.15, -0.1) is 0 Å². The molecule has 0 aliphatic heterocycles. The van der Waals surface area contributed by atoms with Crippen molar-refractivity contribution >= 4 is 10.0 Å². The molecule has 0 aliphatic rings. The summed E-state index contributed by atoms with van der Waals surface area (Å²) in [5.41, 5.74) is 0.362. The first-order chi connectivity index (χ1) is 7.22. The Labute approximate surface area is 97.9 Å². The fourth-order valence-corrected chi connectivity index (χ4v) is 2.96. The van der Waals surface area contributed by atoms with Crippen molar-refractivity contribution in [3.8, 4) is 0 Å². The zero-order chi connectivity index (χ0) is 12.4. The number of hydrogen-bond donors (Lipinski definition) is 1. The molecule has 0 saturated carbocycles. The molecular weight excluding hydrogens is 222 g/mol. The summed E-state index contributed by atoms with van der Waals surface area (Å²) >= 11 is 0. The zero-order valence-corrected chi connectivity index (χ0v) is 11.0. The van der Waals surface area contributed by atoms with Crippen molar-refractivity contribution in [3.05, 3.63) is 35.9 Å². The Morgan fingerprint density at radius 2 is 1.62 bits per heavy atom. The number of rotatable bonds is 3. The molecule has 90 valence electrons. The third-order valence-corrected chi connectivity index (χ3v) is 4.28. The van der Waals surface area contributed by atoms with Crippen molar-refractivity contribution in [3.63, 3.8) is 0 Å². The van der Waals surface area contributed by atoms with E-state index in [2.05, 4.69) is 4.72 Å². The monoisotopic (exact) mass is 241 g/mol. The van der Waals surface area contributed by atoms with Crippen LogP contribution in [0.5, 0.6) is 0 Å². The van der Waals surface area contributed by atoms with E-state index in [1.54, 1.807) is 6.92 Å². The number of hydrogen-bond acceptors (Lipinski definition) is 2. The molecule has 1 atom stereocenters. The molecule has 1 N–H and O–H groups in total. The van der Waals surface area contributed by atoms with E-state index in [-0.39, 0.29) is 0 Å². The normalized spacial score (nSPS) is 14.8. The number of benzene rings is 1. The van der Waals surface area contributed by atoms with E-state index in [0.717, 1.165) is 5.56 Å². The summed E-state index contributed by atoms with van der Waals surface area (Å²) in [5.74, 6) is 0. The second-order valence-corrected chi connectivity index (χ2v) is 6.95. The second-order valence-electron chi connectivity index (χ2n) is 4.95. The van der Waals surface area contributed by atoms with Crippen LogP contribution in [-0.2, 0) is 10.0 Å². The van der Waals surface area contributed by atoms with E-state index < -0.39 is 20.8 Å². The highest BCUT2D eigenvalue weighted by atomic mass is 32.2. The molecule has 0 heterocycles. The van der Waals surface area contributed by atoms with Crippen LogP contribution in [0, 0.1) is 0 Å². The lowest BCUT2D eigenvalue weighted by Gasteiger charge is -2.23. The van der Waals surface area contributed by atoms with Crippen LogP contribution in [-0.4, -0.2) is 14.0 Å². The molecule has 0 saturated heterocycles. The van der Waals surface area contributed by atoms with Gasteiger partial charge < -0.3 is 0 Å². The molecule has 0 spiro atoms. The van der Waals surface area contributed by atoms with Gasteiger partial charge in [0.15, 0.2) is 0 Å². The summed E-state index contributed by atoms with van der Waals surface area (Å²) in [6.45, 7) is 7.20. The van der Waals surface area contributed by atoms with Crippen molar-refractivity contribution in [2.75, 3.05) is 0 Å². The van der Waals surface area contributed by atoms with Crippen LogP contribution in [0.3, 0.4) is 0 Å². The molecule has 0 bridgehead atoms. The molecule has 0 radical (unpaired) electrons. The Morgan fingerprint density at radius 3 is 2.06 bits per heavy atom. The van der Waals surface area contributed by atoms with Crippen LogP contribution in [0.25, 0.3) is 0 Å². The van der Waals surface area contributed by atoms with Crippen LogP contribution in [0.4, 0.5) is 0 Å². The lowest BCUT2D eigenvalue weighted by atomic mass is 10.1. The maximum atomic E-state index is 12.0. The number of sulfonamides is 1. The minimum atomic E-state index is -3.32. The average molecular weight is 241 g/mol. The van der Waals surface area contributed by atoms with Crippen LogP contribution in [0.1, 0.15) is 38.5 Å². The summed E-state index contributed by atoms with van der Waals surface area (Å²) < 4.78 is 26.7. The predicted molar refractivity (Wildman–Crippen MR) is 66.7 cm³/mol. The van der Waals surface area contributed by atoms with Gasteiger partial charge in [0.1, 0.15) is 0 Å². The Bertz CT molecular complexity index is 432. The molecule has 0 aliphatic carbocycles. The summed E-state index contributed by atoms with van der Waals surface area (Å²) in [4.78, 5) is 0. The van der Waals surface area contributed by atoms with Gasteiger partial charge in [-0.1, -0.05) is 30.3 Å². The standard InChI is InChI=1S/C12H19NO2S/c1-10(11-8-6-5-7-9-11)16(14,15)13-12(2,3)4/h5-10,13H,1-4H3/t10-/m0/s1. The van der Waals surface area contributed by atoms with Gasteiger partial charge in [0.2, 0.25) is 10.0 Å². The van der Waals surface area contributed by atoms with Crippen LogP contribution < -0.4 is 4.72 Å². The molecule has 3 nitrogen and oxygen atoms in total. The highest BCUT2D eigenvalue weighted by Gasteiger charge is 2.26. The van der Waals surface area contributed by atoms with Crippen molar-refractivity contribution in [2.45, 2.75) is 38.5 Å². The van der Waals surface area contributed by atoms with E-state index in [0.29, 0.717) is 0 Å². The highest BCUT2D eigenvalue weighted by Crippen LogP contribution is 2.21. The van der Waals surface area contributed by atoms with Crippen LogP contribution >= 0.6 is 0 Å². The minimum Gasteiger partial charge on any atom is -0.212 e. The van der Waals surface area contributed by atoms with E-state index in [1.807, 2.05) is 51.1 Å². The summed E-state index contributed by atoms with van der Waals surface area (Å²) in [7, 11) is -3.32. The third kappa shape index (κ3) is 3.61. The molecule has 1 aromatic carbocycles.